The molecular formula is C12H16N2O3. The summed E-state index contributed by atoms with van der Waals surface area (Å²) >= 11 is 0. The second-order valence-corrected chi connectivity index (χ2v) is 3.37. The average Bonchev–Trinajstić information content (AvgIpc) is 2.34. The van der Waals surface area contributed by atoms with Crippen LogP contribution in [0.1, 0.15) is 11.3 Å². The van der Waals surface area contributed by atoms with Crippen LogP contribution in [0.2, 0.25) is 0 Å². The van der Waals surface area contributed by atoms with Gasteiger partial charge in [0.25, 0.3) is 0 Å². The zero-order valence-electron chi connectivity index (χ0n) is 10.1. The zero-order valence-corrected chi connectivity index (χ0v) is 10.1. The highest BCUT2D eigenvalue weighted by Crippen LogP contribution is 2.14. The van der Waals surface area contributed by atoms with Crippen molar-refractivity contribution in [3.8, 4) is 11.9 Å². The van der Waals surface area contributed by atoms with Gasteiger partial charge in [-0.1, -0.05) is 0 Å². The van der Waals surface area contributed by atoms with E-state index in [1.165, 1.54) is 0 Å². The molecule has 0 atom stereocenters. The molecule has 0 radical (unpaired) electrons. The minimum absolute atomic E-state index is 0.364. The first-order valence-electron chi connectivity index (χ1n) is 5.35. The Bertz CT molecular complexity index is 388. The van der Waals surface area contributed by atoms with E-state index in [-0.39, 0.29) is 0 Å². The number of pyridine rings is 1. The lowest BCUT2D eigenvalue weighted by molar-refractivity contribution is 0.0536. The number of hydrogen-bond donors (Lipinski definition) is 0. The summed E-state index contributed by atoms with van der Waals surface area (Å²) in [6.45, 7) is 3.76. The molecule has 17 heavy (non-hydrogen) atoms. The largest absolute Gasteiger partial charge is 0.474 e. The van der Waals surface area contributed by atoms with Gasteiger partial charge in [-0.05, 0) is 19.1 Å². The van der Waals surface area contributed by atoms with E-state index in [4.69, 9.17) is 19.5 Å². The van der Waals surface area contributed by atoms with Crippen molar-refractivity contribution >= 4 is 0 Å². The van der Waals surface area contributed by atoms with E-state index in [0.717, 1.165) is 5.69 Å². The number of aryl methyl sites for hydroxylation is 1. The molecular weight excluding hydrogens is 220 g/mol. The zero-order chi connectivity index (χ0) is 12.5. The smallest absolute Gasteiger partial charge is 0.231 e. The minimum Gasteiger partial charge on any atom is -0.474 e. The van der Waals surface area contributed by atoms with E-state index < -0.39 is 0 Å². The molecule has 5 heteroatoms. The number of ether oxygens (including phenoxy) is 3. The van der Waals surface area contributed by atoms with E-state index in [1.54, 1.807) is 19.2 Å². The fourth-order valence-electron chi connectivity index (χ4n) is 1.17. The van der Waals surface area contributed by atoms with Crippen LogP contribution in [0.4, 0.5) is 0 Å². The third kappa shape index (κ3) is 4.81. The summed E-state index contributed by atoms with van der Waals surface area (Å²) in [4.78, 5) is 4.15. The molecule has 0 N–H and O–H groups in total. The molecule has 0 amide bonds. The van der Waals surface area contributed by atoms with Gasteiger partial charge < -0.3 is 14.2 Å². The lowest BCUT2D eigenvalue weighted by Crippen LogP contribution is -2.11. The molecule has 92 valence electrons. The standard InChI is InChI=1S/C12H16N2O3/c1-10-3-4-11(9-13)12(14-10)17-8-7-16-6-5-15-2/h3-4H,5-8H2,1-2H3. The molecule has 0 saturated carbocycles. The fourth-order valence-corrected chi connectivity index (χ4v) is 1.17. The summed E-state index contributed by atoms with van der Waals surface area (Å²) in [5.41, 5.74) is 1.26. The Morgan fingerprint density at radius 1 is 1.24 bits per heavy atom. The maximum atomic E-state index is 8.86. The normalized spacial score (nSPS) is 9.94. The highest BCUT2D eigenvalue weighted by molar-refractivity contribution is 5.38. The van der Waals surface area contributed by atoms with Crippen molar-refractivity contribution in [1.29, 1.82) is 5.26 Å². The van der Waals surface area contributed by atoms with Crippen LogP contribution in [0, 0.1) is 18.3 Å². The maximum Gasteiger partial charge on any atom is 0.231 e. The van der Waals surface area contributed by atoms with Gasteiger partial charge in [-0.2, -0.15) is 5.26 Å². The molecule has 5 nitrogen and oxygen atoms in total. The van der Waals surface area contributed by atoms with Crippen LogP contribution in [0.15, 0.2) is 12.1 Å². The lowest BCUT2D eigenvalue weighted by atomic mass is 10.2. The first-order chi connectivity index (χ1) is 8.27. The van der Waals surface area contributed by atoms with Crippen LogP contribution in [-0.2, 0) is 9.47 Å². The predicted molar refractivity (Wildman–Crippen MR) is 61.9 cm³/mol. The van der Waals surface area contributed by atoms with Gasteiger partial charge in [0, 0.05) is 12.8 Å². The molecule has 0 aliphatic carbocycles. The molecule has 0 unspecified atom stereocenters. The Kier molecular flexibility index (Phi) is 6.00. The van der Waals surface area contributed by atoms with Crippen molar-refractivity contribution in [3.63, 3.8) is 0 Å². The van der Waals surface area contributed by atoms with E-state index in [1.807, 2.05) is 13.0 Å². The van der Waals surface area contributed by atoms with Crippen molar-refractivity contribution in [2.24, 2.45) is 0 Å². The topological polar surface area (TPSA) is 64.4 Å². The quantitative estimate of drug-likeness (QED) is 0.668. The second kappa shape index (κ2) is 7.60. The molecule has 1 aromatic heterocycles. The van der Waals surface area contributed by atoms with Gasteiger partial charge in [-0.25, -0.2) is 4.98 Å². The van der Waals surface area contributed by atoms with Crippen molar-refractivity contribution in [1.82, 2.24) is 4.98 Å². The Morgan fingerprint density at radius 3 is 2.71 bits per heavy atom. The van der Waals surface area contributed by atoms with Crippen molar-refractivity contribution < 1.29 is 14.2 Å². The molecule has 0 aromatic carbocycles. The number of rotatable bonds is 7. The van der Waals surface area contributed by atoms with Crippen LogP contribution in [0.3, 0.4) is 0 Å². The Labute approximate surface area is 101 Å². The summed E-state index contributed by atoms with van der Waals surface area (Å²) in [6, 6.07) is 5.51. The number of methoxy groups -OCH3 is 1. The van der Waals surface area contributed by atoms with Crippen LogP contribution < -0.4 is 4.74 Å². The first-order valence-corrected chi connectivity index (χ1v) is 5.35. The van der Waals surface area contributed by atoms with Crippen LogP contribution in [0.5, 0.6) is 5.88 Å². The fraction of sp³-hybridized carbons (Fsp3) is 0.500. The molecule has 0 fully saturated rings. The molecule has 1 heterocycles. The summed E-state index contributed by atoms with van der Waals surface area (Å²) in [5.74, 6) is 0.364. The minimum atomic E-state index is 0.364. The molecule has 1 aromatic rings. The Morgan fingerprint density at radius 2 is 2.00 bits per heavy atom. The molecule has 0 aliphatic rings. The van der Waals surface area contributed by atoms with Gasteiger partial charge >= 0.3 is 0 Å². The first kappa shape index (κ1) is 13.4. The maximum absolute atomic E-state index is 8.86. The third-order valence-electron chi connectivity index (χ3n) is 2.02. The Hall–Kier alpha value is -1.64. The summed E-state index contributed by atoms with van der Waals surface area (Å²) in [7, 11) is 1.62. The summed E-state index contributed by atoms with van der Waals surface area (Å²) < 4.78 is 15.5. The Balaban J connectivity index is 2.36. The van der Waals surface area contributed by atoms with E-state index in [0.29, 0.717) is 37.9 Å². The summed E-state index contributed by atoms with van der Waals surface area (Å²) in [6.07, 6.45) is 0. The molecule has 0 bridgehead atoms. The average molecular weight is 236 g/mol. The number of nitriles is 1. The van der Waals surface area contributed by atoms with Crippen LogP contribution in [0.25, 0.3) is 0 Å². The molecule has 1 rings (SSSR count). The molecule has 0 saturated heterocycles. The lowest BCUT2D eigenvalue weighted by Gasteiger charge is -2.07. The van der Waals surface area contributed by atoms with E-state index >= 15 is 0 Å². The van der Waals surface area contributed by atoms with Crippen molar-refractivity contribution in [3.05, 3.63) is 23.4 Å². The van der Waals surface area contributed by atoms with Crippen molar-refractivity contribution in [2.45, 2.75) is 6.92 Å². The highest BCUT2D eigenvalue weighted by atomic mass is 16.5. The monoisotopic (exact) mass is 236 g/mol. The molecule has 0 spiro atoms. The van der Waals surface area contributed by atoms with Crippen LogP contribution in [-0.4, -0.2) is 38.5 Å². The number of nitrogens with zero attached hydrogens (tertiary/aromatic N) is 2. The van der Waals surface area contributed by atoms with Gasteiger partial charge in [-0.15, -0.1) is 0 Å². The van der Waals surface area contributed by atoms with Gasteiger partial charge in [0.1, 0.15) is 18.2 Å². The third-order valence-corrected chi connectivity index (χ3v) is 2.02. The van der Waals surface area contributed by atoms with E-state index in [2.05, 4.69) is 4.98 Å². The van der Waals surface area contributed by atoms with Crippen molar-refractivity contribution in [2.75, 3.05) is 33.5 Å². The summed E-state index contributed by atoms with van der Waals surface area (Å²) in [5, 5.41) is 8.86. The highest BCUT2D eigenvalue weighted by Gasteiger charge is 2.04. The van der Waals surface area contributed by atoms with Gasteiger partial charge in [0.2, 0.25) is 5.88 Å². The second-order valence-electron chi connectivity index (χ2n) is 3.37. The predicted octanol–water partition coefficient (Wildman–Crippen LogP) is 1.30. The number of aromatic nitrogens is 1. The van der Waals surface area contributed by atoms with E-state index in [9.17, 15) is 0 Å². The molecule has 0 aliphatic heterocycles. The number of hydrogen-bond acceptors (Lipinski definition) is 5. The van der Waals surface area contributed by atoms with Crippen LogP contribution >= 0.6 is 0 Å². The van der Waals surface area contributed by atoms with Gasteiger partial charge in [0.15, 0.2) is 0 Å². The SMILES string of the molecule is COCCOCCOc1nc(C)ccc1C#N. The van der Waals surface area contributed by atoms with Gasteiger partial charge in [0.05, 0.1) is 19.8 Å². The van der Waals surface area contributed by atoms with Gasteiger partial charge in [-0.3, -0.25) is 0 Å².